The summed E-state index contributed by atoms with van der Waals surface area (Å²) >= 11 is 6.92. The Balaban J connectivity index is 2.22. The lowest BCUT2D eigenvalue weighted by atomic mass is 9.81. The van der Waals surface area contributed by atoms with Crippen LogP contribution < -0.4 is 15.4 Å². The average molecular weight is 420 g/mol. The van der Waals surface area contributed by atoms with Crippen LogP contribution in [-0.2, 0) is 4.79 Å². The smallest absolute Gasteiger partial charge is 0.231 e. The van der Waals surface area contributed by atoms with Crippen molar-refractivity contribution in [1.29, 1.82) is 0 Å². The monoisotopic (exact) mass is 418 g/mol. The molecule has 1 aliphatic heterocycles. The molecule has 1 saturated heterocycles. The number of rotatable bonds is 5. The van der Waals surface area contributed by atoms with Crippen LogP contribution in [0.25, 0.3) is 0 Å². The van der Waals surface area contributed by atoms with Gasteiger partial charge in [-0.25, -0.2) is 0 Å². The zero-order valence-electron chi connectivity index (χ0n) is 12.3. The molecular weight excluding hydrogens is 400 g/mol. The number of hydrogen-bond donors (Lipinski definition) is 2. The minimum atomic E-state index is -0.297. The lowest BCUT2D eigenvalue weighted by molar-refractivity contribution is -0.125. The largest absolute Gasteiger partial charge is 0.495 e. The molecular formula is C15H20Br2N2O2. The summed E-state index contributed by atoms with van der Waals surface area (Å²) in [5, 5.41) is 6.36. The maximum absolute atomic E-state index is 12.7. The lowest BCUT2D eigenvalue weighted by Crippen LogP contribution is -2.38. The first-order valence-electron chi connectivity index (χ1n) is 7.07. The molecule has 6 heteroatoms. The van der Waals surface area contributed by atoms with Crippen LogP contribution >= 0.6 is 31.9 Å². The van der Waals surface area contributed by atoms with Crippen molar-refractivity contribution in [3.63, 3.8) is 0 Å². The van der Waals surface area contributed by atoms with Crippen LogP contribution in [0.15, 0.2) is 21.1 Å². The molecule has 1 aromatic rings. The fourth-order valence-corrected chi connectivity index (χ4v) is 4.03. The van der Waals surface area contributed by atoms with Crippen LogP contribution in [0.2, 0.25) is 0 Å². The van der Waals surface area contributed by atoms with Crippen LogP contribution in [0.3, 0.4) is 0 Å². The number of halogens is 2. The second-order valence-electron chi connectivity index (χ2n) is 5.38. The summed E-state index contributed by atoms with van der Waals surface area (Å²) < 4.78 is 6.97. The molecule has 0 aromatic heterocycles. The van der Waals surface area contributed by atoms with Gasteiger partial charge in [0.1, 0.15) is 5.75 Å². The number of benzene rings is 1. The number of amides is 1. The molecule has 1 fully saturated rings. The Kier molecular flexibility index (Phi) is 5.68. The number of carbonyl (C=O) groups excluding carboxylic acids is 1. The normalized spacial score (nSPS) is 21.3. The summed E-state index contributed by atoms with van der Waals surface area (Å²) in [5.41, 5.74) is 0.441. The minimum absolute atomic E-state index is 0.0828. The Bertz CT molecular complexity index is 529. The molecule has 1 atom stereocenters. The van der Waals surface area contributed by atoms with Crippen molar-refractivity contribution in [3.8, 4) is 5.75 Å². The third-order valence-electron chi connectivity index (χ3n) is 3.94. The Morgan fingerprint density at radius 3 is 2.76 bits per heavy atom. The van der Waals surface area contributed by atoms with Crippen molar-refractivity contribution >= 4 is 43.5 Å². The van der Waals surface area contributed by atoms with E-state index in [0.29, 0.717) is 5.75 Å². The predicted octanol–water partition coefficient (Wildman–Crippen LogP) is 3.94. The van der Waals surface area contributed by atoms with Gasteiger partial charge < -0.3 is 15.4 Å². The average Bonchev–Trinajstić information content (AvgIpc) is 2.92. The lowest BCUT2D eigenvalue weighted by Gasteiger charge is -2.26. The van der Waals surface area contributed by atoms with E-state index in [1.807, 2.05) is 12.1 Å². The maximum atomic E-state index is 12.7. The quantitative estimate of drug-likeness (QED) is 0.759. The summed E-state index contributed by atoms with van der Waals surface area (Å²) in [6.45, 7) is 3.77. The molecule has 116 valence electrons. The first-order valence-corrected chi connectivity index (χ1v) is 8.66. The predicted molar refractivity (Wildman–Crippen MR) is 91.9 cm³/mol. The third-order valence-corrected chi connectivity index (χ3v) is 5.22. The van der Waals surface area contributed by atoms with Crippen LogP contribution in [0, 0.1) is 5.41 Å². The first kappa shape index (κ1) is 16.8. The van der Waals surface area contributed by atoms with Crippen LogP contribution in [-0.4, -0.2) is 26.1 Å². The van der Waals surface area contributed by atoms with Crippen molar-refractivity contribution in [2.45, 2.75) is 26.2 Å². The Morgan fingerprint density at radius 2 is 2.19 bits per heavy atom. The van der Waals surface area contributed by atoms with Crippen molar-refractivity contribution in [3.05, 3.63) is 21.1 Å². The minimum Gasteiger partial charge on any atom is -0.495 e. The highest BCUT2D eigenvalue weighted by Crippen LogP contribution is 2.37. The number of ether oxygens (including phenoxy) is 1. The number of anilines is 1. The molecule has 1 aromatic carbocycles. The molecule has 4 nitrogen and oxygen atoms in total. The fourth-order valence-electron chi connectivity index (χ4n) is 2.78. The van der Waals surface area contributed by atoms with Gasteiger partial charge in [0.25, 0.3) is 0 Å². The summed E-state index contributed by atoms with van der Waals surface area (Å²) in [4.78, 5) is 12.7. The van der Waals surface area contributed by atoms with E-state index in [9.17, 15) is 4.79 Å². The Hall–Kier alpha value is -0.590. The van der Waals surface area contributed by atoms with Gasteiger partial charge in [0.2, 0.25) is 5.91 Å². The van der Waals surface area contributed by atoms with Crippen LogP contribution in [0.5, 0.6) is 5.75 Å². The molecule has 1 unspecified atom stereocenters. The molecule has 0 radical (unpaired) electrons. The summed E-state index contributed by atoms with van der Waals surface area (Å²) in [6, 6.07) is 3.71. The standard InChI is InChI=1S/C15H20Br2N2O2/c1-3-4-15(5-6-18-9-15)14(20)19-12-8-13(21-2)11(17)7-10(12)16/h7-8,18H,3-6,9H2,1-2H3,(H,19,20). The van der Waals surface area contributed by atoms with Gasteiger partial charge >= 0.3 is 0 Å². The summed E-state index contributed by atoms with van der Waals surface area (Å²) in [6.07, 6.45) is 2.79. The molecule has 2 rings (SSSR count). The number of carbonyl (C=O) groups is 1. The molecule has 1 heterocycles. The van der Waals surface area contributed by atoms with Gasteiger partial charge in [-0.2, -0.15) is 0 Å². The molecule has 2 N–H and O–H groups in total. The van der Waals surface area contributed by atoms with Gasteiger partial charge in [0, 0.05) is 17.1 Å². The van der Waals surface area contributed by atoms with Gasteiger partial charge in [-0.1, -0.05) is 13.3 Å². The number of methoxy groups -OCH3 is 1. The highest BCUT2D eigenvalue weighted by atomic mass is 79.9. The molecule has 0 aliphatic carbocycles. The summed E-state index contributed by atoms with van der Waals surface area (Å²) in [5.74, 6) is 0.780. The Labute approximate surface area is 142 Å². The van der Waals surface area contributed by atoms with E-state index >= 15 is 0 Å². The molecule has 0 bridgehead atoms. The zero-order chi connectivity index (χ0) is 15.5. The second-order valence-corrected chi connectivity index (χ2v) is 7.09. The molecule has 0 spiro atoms. The van der Waals surface area contributed by atoms with E-state index < -0.39 is 0 Å². The van der Waals surface area contributed by atoms with Gasteiger partial charge in [0.05, 0.1) is 22.7 Å². The topological polar surface area (TPSA) is 50.4 Å². The molecule has 1 amide bonds. The van der Waals surface area contributed by atoms with Crippen molar-refractivity contribution in [2.24, 2.45) is 5.41 Å². The number of nitrogens with one attached hydrogen (secondary N) is 2. The molecule has 21 heavy (non-hydrogen) atoms. The van der Waals surface area contributed by atoms with Crippen molar-refractivity contribution in [1.82, 2.24) is 5.32 Å². The SMILES string of the molecule is CCCC1(C(=O)Nc2cc(OC)c(Br)cc2Br)CCNC1. The fraction of sp³-hybridized carbons (Fsp3) is 0.533. The third kappa shape index (κ3) is 3.60. The van der Waals surface area contributed by atoms with E-state index in [1.165, 1.54) is 0 Å². The van der Waals surface area contributed by atoms with E-state index in [1.54, 1.807) is 7.11 Å². The maximum Gasteiger partial charge on any atom is 0.231 e. The molecule has 0 saturated carbocycles. The van der Waals surface area contributed by atoms with Gasteiger partial charge in [-0.05, 0) is 57.3 Å². The zero-order valence-corrected chi connectivity index (χ0v) is 15.4. The molecule has 1 aliphatic rings. The van der Waals surface area contributed by atoms with Crippen molar-refractivity contribution in [2.75, 3.05) is 25.5 Å². The van der Waals surface area contributed by atoms with E-state index in [-0.39, 0.29) is 11.3 Å². The van der Waals surface area contributed by atoms with E-state index in [4.69, 9.17) is 4.74 Å². The summed E-state index contributed by atoms with van der Waals surface area (Å²) in [7, 11) is 1.61. The van der Waals surface area contributed by atoms with Crippen molar-refractivity contribution < 1.29 is 9.53 Å². The highest BCUT2D eigenvalue weighted by Gasteiger charge is 2.40. The van der Waals surface area contributed by atoms with Gasteiger partial charge in [-0.15, -0.1) is 0 Å². The van der Waals surface area contributed by atoms with Gasteiger partial charge in [0.15, 0.2) is 0 Å². The second kappa shape index (κ2) is 7.11. The van der Waals surface area contributed by atoms with Gasteiger partial charge in [-0.3, -0.25) is 4.79 Å². The first-order chi connectivity index (χ1) is 10.0. The Morgan fingerprint density at radius 1 is 1.43 bits per heavy atom. The van der Waals surface area contributed by atoms with Crippen LogP contribution in [0.4, 0.5) is 5.69 Å². The van der Waals surface area contributed by atoms with E-state index in [2.05, 4.69) is 49.4 Å². The van der Waals surface area contributed by atoms with E-state index in [0.717, 1.165) is 47.0 Å². The highest BCUT2D eigenvalue weighted by molar-refractivity contribution is 9.11. The van der Waals surface area contributed by atoms with Crippen LogP contribution in [0.1, 0.15) is 26.2 Å². The number of hydrogen-bond acceptors (Lipinski definition) is 3.